The molecule has 0 fully saturated rings. The minimum Gasteiger partial charge on any atom is -0.481 e. The van der Waals surface area contributed by atoms with Gasteiger partial charge in [0.25, 0.3) is 0 Å². The molecule has 0 spiro atoms. The van der Waals surface area contributed by atoms with Crippen molar-refractivity contribution in [3.05, 3.63) is 0 Å². The Morgan fingerprint density at radius 3 is 2.39 bits per heavy atom. The lowest BCUT2D eigenvalue weighted by molar-refractivity contribution is -0.139. The Morgan fingerprint density at radius 2 is 1.94 bits per heavy atom. The molecule has 7 nitrogen and oxygen atoms in total. The van der Waals surface area contributed by atoms with Gasteiger partial charge in [0, 0.05) is 20.8 Å². The summed E-state index contributed by atoms with van der Waals surface area (Å²) >= 11 is 0. The van der Waals surface area contributed by atoms with Crippen molar-refractivity contribution in [3.63, 3.8) is 0 Å². The van der Waals surface area contributed by atoms with Gasteiger partial charge in [-0.3, -0.25) is 4.79 Å². The molecule has 0 aliphatic carbocycles. The molecule has 0 radical (unpaired) electrons. The molecular weight excluding hydrogens is 240 g/mol. The van der Waals surface area contributed by atoms with E-state index in [4.69, 9.17) is 14.6 Å². The molecule has 0 aromatic rings. The van der Waals surface area contributed by atoms with Gasteiger partial charge in [-0.2, -0.15) is 0 Å². The monoisotopic (exact) mass is 262 g/mol. The van der Waals surface area contributed by atoms with Gasteiger partial charge in [0.2, 0.25) is 0 Å². The SMILES string of the molecule is COCC(C)(C)NC(=O)NCC(CC(=O)O)OC. The van der Waals surface area contributed by atoms with Gasteiger partial charge in [0.05, 0.1) is 24.7 Å². The first kappa shape index (κ1) is 16.7. The van der Waals surface area contributed by atoms with Gasteiger partial charge in [-0.05, 0) is 13.8 Å². The maximum Gasteiger partial charge on any atom is 0.315 e. The van der Waals surface area contributed by atoms with Crippen LogP contribution in [0.15, 0.2) is 0 Å². The number of ether oxygens (including phenoxy) is 2. The Bertz CT molecular complexity index is 281. The number of carbonyl (C=O) groups is 2. The standard InChI is InChI=1S/C11H22N2O5/c1-11(2,7-17-3)13-10(16)12-6-8(18-4)5-9(14)15/h8H,5-7H2,1-4H3,(H,14,15)(H2,12,13,16). The third kappa shape index (κ3) is 7.86. The molecule has 7 heteroatoms. The van der Waals surface area contributed by atoms with Crippen LogP contribution in [0.5, 0.6) is 0 Å². The highest BCUT2D eigenvalue weighted by molar-refractivity contribution is 5.75. The second-order valence-corrected chi connectivity index (χ2v) is 4.61. The number of amides is 2. The van der Waals surface area contributed by atoms with Crippen LogP contribution in [-0.2, 0) is 14.3 Å². The summed E-state index contributed by atoms with van der Waals surface area (Å²) in [5.41, 5.74) is -0.492. The molecule has 2 amide bonds. The molecule has 0 aromatic carbocycles. The summed E-state index contributed by atoms with van der Waals surface area (Å²) in [5, 5.41) is 13.9. The van der Waals surface area contributed by atoms with Crippen molar-refractivity contribution >= 4 is 12.0 Å². The molecule has 0 bridgehead atoms. The van der Waals surface area contributed by atoms with E-state index >= 15 is 0 Å². The Hall–Kier alpha value is -1.34. The maximum absolute atomic E-state index is 11.6. The van der Waals surface area contributed by atoms with Crippen LogP contribution in [0.1, 0.15) is 20.3 Å². The maximum atomic E-state index is 11.6. The number of carbonyl (C=O) groups excluding carboxylic acids is 1. The van der Waals surface area contributed by atoms with E-state index in [0.717, 1.165) is 0 Å². The predicted molar refractivity (Wildman–Crippen MR) is 65.5 cm³/mol. The highest BCUT2D eigenvalue weighted by atomic mass is 16.5. The Morgan fingerprint density at radius 1 is 1.33 bits per heavy atom. The van der Waals surface area contributed by atoms with Crippen molar-refractivity contribution in [2.45, 2.75) is 31.9 Å². The van der Waals surface area contributed by atoms with E-state index in [1.54, 1.807) is 7.11 Å². The third-order valence-corrected chi connectivity index (χ3v) is 2.18. The summed E-state index contributed by atoms with van der Waals surface area (Å²) in [7, 11) is 2.96. The van der Waals surface area contributed by atoms with E-state index in [2.05, 4.69) is 10.6 Å². The number of urea groups is 1. The van der Waals surface area contributed by atoms with Gasteiger partial charge in [-0.1, -0.05) is 0 Å². The second kappa shape index (κ2) is 7.88. The van der Waals surface area contributed by atoms with Crippen molar-refractivity contribution in [1.29, 1.82) is 0 Å². The van der Waals surface area contributed by atoms with E-state index in [1.807, 2.05) is 13.8 Å². The van der Waals surface area contributed by atoms with Crippen molar-refractivity contribution in [1.82, 2.24) is 10.6 Å². The Labute approximate surface area is 107 Å². The quantitative estimate of drug-likeness (QED) is 0.580. The fourth-order valence-corrected chi connectivity index (χ4v) is 1.39. The van der Waals surface area contributed by atoms with Crippen LogP contribution >= 0.6 is 0 Å². The molecule has 0 aliphatic rings. The number of methoxy groups -OCH3 is 2. The van der Waals surface area contributed by atoms with E-state index in [1.165, 1.54) is 7.11 Å². The van der Waals surface area contributed by atoms with Crippen LogP contribution in [0.25, 0.3) is 0 Å². The molecule has 106 valence electrons. The minimum atomic E-state index is -0.969. The summed E-state index contributed by atoms with van der Waals surface area (Å²) in [6.45, 7) is 4.16. The summed E-state index contributed by atoms with van der Waals surface area (Å²) in [6.07, 6.45) is -0.697. The van der Waals surface area contributed by atoms with Crippen molar-refractivity contribution in [2.75, 3.05) is 27.4 Å². The molecule has 0 aromatic heterocycles. The van der Waals surface area contributed by atoms with Crippen molar-refractivity contribution in [3.8, 4) is 0 Å². The average Bonchev–Trinajstić information content (AvgIpc) is 2.22. The first-order chi connectivity index (χ1) is 8.30. The van der Waals surface area contributed by atoms with E-state index in [9.17, 15) is 9.59 Å². The molecule has 1 atom stereocenters. The van der Waals surface area contributed by atoms with Gasteiger partial charge in [0.15, 0.2) is 0 Å². The smallest absolute Gasteiger partial charge is 0.315 e. The van der Waals surface area contributed by atoms with Gasteiger partial charge in [-0.15, -0.1) is 0 Å². The Kier molecular flexibility index (Phi) is 7.30. The van der Waals surface area contributed by atoms with Gasteiger partial charge >= 0.3 is 12.0 Å². The molecule has 0 aliphatic heterocycles. The van der Waals surface area contributed by atoms with E-state index in [0.29, 0.717) is 6.61 Å². The number of rotatable bonds is 8. The van der Waals surface area contributed by atoms with Crippen LogP contribution < -0.4 is 10.6 Å². The van der Waals surface area contributed by atoms with Gasteiger partial charge in [-0.25, -0.2) is 4.79 Å². The molecule has 0 heterocycles. The van der Waals surface area contributed by atoms with Crippen LogP contribution in [-0.4, -0.2) is 56.1 Å². The topological polar surface area (TPSA) is 96.9 Å². The number of aliphatic carboxylic acids is 1. The summed E-state index contributed by atoms with van der Waals surface area (Å²) in [6, 6.07) is -0.385. The zero-order valence-electron chi connectivity index (χ0n) is 11.3. The largest absolute Gasteiger partial charge is 0.481 e. The summed E-state index contributed by atoms with van der Waals surface area (Å²) in [4.78, 5) is 22.1. The first-order valence-corrected chi connectivity index (χ1v) is 5.60. The predicted octanol–water partition coefficient (Wildman–Crippen LogP) is 0.200. The Balaban J connectivity index is 4.05. The molecule has 0 saturated carbocycles. The number of carboxylic acid groups (broad SMARTS) is 1. The number of carboxylic acids is 1. The molecule has 18 heavy (non-hydrogen) atoms. The highest BCUT2D eigenvalue weighted by Crippen LogP contribution is 2.01. The van der Waals surface area contributed by atoms with Crippen LogP contribution in [0.3, 0.4) is 0 Å². The lowest BCUT2D eigenvalue weighted by Gasteiger charge is -2.25. The molecule has 0 rings (SSSR count). The normalized spacial score (nSPS) is 12.9. The lowest BCUT2D eigenvalue weighted by Crippen LogP contribution is -2.52. The van der Waals surface area contributed by atoms with Crippen LogP contribution in [0.2, 0.25) is 0 Å². The van der Waals surface area contributed by atoms with Crippen molar-refractivity contribution < 1.29 is 24.2 Å². The fourth-order valence-electron chi connectivity index (χ4n) is 1.39. The van der Waals surface area contributed by atoms with Gasteiger partial charge in [0.1, 0.15) is 0 Å². The lowest BCUT2D eigenvalue weighted by atomic mass is 10.1. The minimum absolute atomic E-state index is 0.137. The number of hydrogen-bond donors (Lipinski definition) is 3. The highest BCUT2D eigenvalue weighted by Gasteiger charge is 2.21. The van der Waals surface area contributed by atoms with E-state index in [-0.39, 0.29) is 19.0 Å². The fraction of sp³-hybridized carbons (Fsp3) is 0.818. The zero-order valence-corrected chi connectivity index (χ0v) is 11.3. The van der Waals surface area contributed by atoms with Crippen molar-refractivity contribution in [2.24, 2.45) is 0 Å². The third-order valence-electron chi connectivity index (χ3n) is 2.18. The van der Waals surface area contributed by atoms with Gasteiger partial charge < -0.3 is 25.2 Å². The zero-order chi connectivity index (χ0) is 14.2. The first-order valence-electron chi connectivity index (χ1n) is 5.60. The molecular formula is C11H22N2O5. The van der Waals surface area contributed by atoms with Crippen LogP contribution in [0.4, 0.5) is 4.79 Å². The second-order valence-electron chi connectivity index (χ2n) is 4.61. The van der Waals surface area contributed by atoms with E-state index < -0.39 is 17.6 Å². The summed E-state index contributed by atoms with van der Waals surface area (Å²) < 4.78 is 9.90. The molecule has 0 saturated heterocycles. The molecule has 3 N–H and O–H groups in total. The van der Waals surface area contributed by atoms with Crippen LogP contribution in [0, 0.1) is 0 Å². The number of hydrogen-bond acceptors (Lipinski definition) is 4. The number of nitrogens with one attached hydrogen (secondary N) is 2. The average molecular weight is 262 g/mol. The molecule has 1 unspecified atom stereocenters. The summed E-state index contributed by atoms with van der Waals surface area (Å²) in [5.74, 6) is -0.969.